The van der Waals surface area contributed by atoms with Crippen molar-refractivity contribution in [3.63, 3.8) is 0 Å². The lowest BCUT2D eigenvalue weighted by Gasteiger charge is -2.39. The van der Waals surface area contributed by atoms with Gasteiger partial charge in [-0.25, -0.2) is 0 Å². The highest BCUT2D eigenvalue weighted by atomic mass is 16.4. The van der Waals surface area contributed by atoms with Crippen LogP contribution in [0.25, 0.3) is 0 Å². The van der Waals surface area contributed by atoms with Crippen molar-refractivity contribution < 1.29 is 15.0 Å². The number of aliphatic hydroxyl groups excluding tert-OH is 1. The molecule has 0 saturated heterocycles. The van der Waals surface area contributed by atoms with Crippen LogP contribution in [-0.2, 0) is 4.79 Å². The number of carboxylic acid groups (broad SMARTS) is 1. The van der Waals surface area contributed by atoms with E-state index in [9.17, 15) is 9.90 Å². The third-order valence-corrected chi connectivity index (χ3v) is 3.75. The van der Waals surface area contributed by atoms with Gasteiger partial charge in [0.1, 0.15) is 0 Å². The van der Waals surface area contributed by atoms with Crippen LogP contribution >= 0.6 is 0 Å². The molecule has 0 spiro atoms. The highest BCUT2D eigenvalue weighted by molar-refractivity contribution is 5.67. The van der Waals surface area contributed by atoms with Gasteiger partial charge in [-0.05, 0) is 25.0 Å². The number of carbonyl (C=O) groups is 1. The molecule has 2 rings (SSSR count). The molecule has 1 aliphatic rings. The zero-order valence-corrected chi connectivity index (χ0v) is 11.0. The molecule has 0 amide bonds. The Hall–Kier alpha value is -1.55. The summed E-state index contributed by atoms with van der Waals surface area (Å²) >= 11 is 0. The Bertz CT molecular complexity index is 407. The summed E-state index contributed by atoms with van der Waals surface area (Å²) in [4.78, 5) is 12.9. The van der Waals surface area contributed by atoms with E-state index in [1.165, 1.54) is 0 Å². The number of anilines is 1. The van der Waals surface area contributed by atoms with Gasteiger partial charge < -0.3 is 15.1 Å². The van der Waals surface area contributed by atoms with E-state index < -0.39 is 5.97 Å². The third-order valence-electron chi connectivity index (χ3n) is 3.75. The molecule has 0 radical (unpaired) electrons. The summed E-state index contributed by atoms with van der Waals surface area (Å²) in [5.41, 5.74) is 0.995. The van der Waals surface area contributed by atoms with Crippen LogP contribution in [0.5, 0.6) is 0 Å². The molecule has 4 nitrogen and oxygen atoms in total. The molecule has 104 valence electrons. The van der Waals surface area contributed by atoms with Crippen LogP contribution < -0.4 is 4.90 Å². The molecule has 1 aliphatic carbocycles. The first-order valence-electron chi connectivity index (χ1n) is 6.90. The number of hydrogen-bond acceptors (Lipinski definition) is 3. The maximum Gasteiger partial charge on any atom is 0.305 e. The van der Waals surface area contributed by atoms with Crippen molar-refractivity contribution in [2.24, 2.45) is 0 Å². The summed E-state index contributed by atoms with van der Waals surface area (Å²) in [7, 11) is 0. The topological polar surface area (TPSA) is 60.8 Å². The lowest BCUT2D eigenvalue weighted by Crippen LogP contribution is -2.46. The zero-order chi connectivity index (χ0) is 13.7. The quantitative estimate of drug-likeness (QED) is 0.855. The van der Waals surface area contributed by atoms with Gasteiger partial charge in [-0.15, -0.1) is 0 Å². The molecule has 0 heterocycles. The standard InChI is InChI=1S/C15H21NO3/c17-14-9-5-4-8-13(14)16(11-10-15(18)19)12-6-2-1-3-7-12/h1-3,6-7,13-14,17H,4-5,8-11H2,(H,18,19). The van der Waals surface area contributed by atoms with E-state index in [2.05, 4.69) is 4.90 Å². The van der Waals surface area contributed by atoms with Gasteiger partial charge in [-0.1, -0.05) is 31.0 Å². The van der Waals surface area contributed by atoms with Crippen molar-refractivity contribution >= 4 is 11.7 Å². The number of carboxylic acids is 1. The third kappa shape index (κ3) is 3.70. The van der Waals surface area contributed by atoms with Crippen LogP contribution in [0, 0.1) is 0 Å². The summed E-state index contributed by atoms with van der Waals surface area (Å²) in [5, 5.41) is 19.1. The number of rotatable bonds is 5. The van der Waals surface area contributed by atoms with E-state index in [0.717, 1.165) is 31.4 Å². The SMILES string of the molecule is O=C(O)CCN(c1ccccc1)C1CCCCC1O. The number of nitrogens with zero attached hydrogens (tertiary/aromatic N) is 1. The Morgan fingerprint density at radius 1 is 1.21 bits per heavy atom. The van der Waals surface area contributed by atoms with Gasteiger partial charge >= 0.3 is 5.97 Å². The molecule has 2 unspecified atom stereocenters. The number of para-hydroxylation sites is 1. The van der Waals surface area contributed by atoms with Crippen molar-refractivity contribution in [1.29, 1.82) is 0 Å². The number of aliphatic hydroxyl groups is 1. The molecular weight excluding hydrogens is 242 g/mol. The number of benzene rings is 1. The van der Waals surface area contributed by atoms with Crippen molar-refractivity contribution in [2.45, 2.75) is 44.2 Å². The normalized spacial score (nSPS) is 23.0. The summed E-state index contributed by atoms with van der Waals surface area (Å²) < 4.78 is 0. The predicted octanol–water partition coefficient (Wildman–Crippen LogP) is 2.27. The van der Waals surface area contributed by atoms with Crippen molar-refractivity contribution in [3.05, 3.63) is 30.3 Å². The van der Waals surface area contributed by atoms with Crippen LogP contribution in [-0.4, -0.2) is 34.9 Å². The minimum absolute atomic E-state index is 0.0375. The molecule has 0 bridgehead atoms. The molecule has 2 atom stereocenters. The van der Waals surface area contributed by atoms with Gasteiger partial charge in [0.2, 0.25) is 0 Å². The van der Waals surface area contributed by atoms with Gasteiger partial charge in [0, 0.05) is 12.2 Å². The summed E-state index contributed by atoms with van der Waals surface area (Å²) in [6.07, 6.45) is 3.62. The Kier molecular flexibility index (Phi) is 4.80. The average molecular weight is 263 g/mol. The van der Waals surface area contributed by atoms with E-state index in [-0.39, 0.29) is 18.6 Å². The van der Waals surface area contributed by atoms with Crippen LogP contribution in [0.4, 0.5) is 5.69 Å². The molecule has 1 fully saturated rings. The fourth-order valence-corrected chi connectivity index (χ4v) is 2.78. The van der Waals surface area contributed by atoms with E-state index in [0.29, 0.717) is 6.54 Å². The Balaban J connectivity index is 2.15. The summed E-state index contributed by atoms with van der Waals surface area (Å²) in [6.45, 7) is 0.446. The van der Waals surface area contributed by atoms with Gasteiger partial charge in [0.05, 0.1) is 18.6 Å². The van der Waals surface area contributed by atoms with Crippen molar-refractivity contribution in [3.8, 4) is 0 Å². The molecule has 19 heavy (non-hydrogen) atoms. The lowest BCUT2D eigenvalue weighted by molar-refractivity contribution is -0.136. The van der Waals surface area contributed by atoms with Gasteiger partial charge in [0.25, 0.3) is 0 Å². The second-order valence-electron chi connectivity index (χ2n) is 5.09. The van der Waals surface area contributed by atoms with Gasteiger partial charge in [0.15, 0.2) is 0 Å². The van der Waals surface area contributed by atoms with E-state index in [1.807, 2.05) is 30.3 Å². The van der Waals surface area contributed by atoms with E-state index in [1.54, 1.807) is 0 Å². The number of hydrogen-bond donors (Lipinski definition) is 2. The summed E-state index contributed by atoms with van der Waals surface area (Å²) in [6, 6.07) is 9.81. The monoisotopic (exact) mass is 263 g/mol. The van der Waals surface area contributed by atoms with E-state index in [4.69, 9.17) is 5.11 Å². The number of aliphatic carboxylic acids is 1. The molecule has 1 aromatic carbocycles. The maximum atomic E-state index is 10.8. The lowest BCUT2D eigenvalue weighted by atomic mass is 9.91. The molecule has 0 aromatic heterocycles. The minimum atomic E-state index is -0.800. The molecule has 1 aromatic rings. The fraction of sp³-hybridized carbons (Fsp3) is 0.533. The smallest absolute Gasteiger partial charge is 0.305 e. The Labute approximate surface area is 113 Å². The zero-order valence-electron chi connectivity index (χ0n) is 11.0. The first kappa shape index (κ1) is 13.9. The van der Waals surface area contributed by atoms with Crippen LogP contribution in [0.3, 0.4) is 0 Å². The second-order valence-corrected chi connectivity index (χ2v) is 5.09. The fourth-order valence-electron chi connectivity index (χ4n) is 2.78. The molecule has 1 saturated carbocycles. The minimum Gasteiger partial charge on any atom is -0.481 e. The second kappa shape index (κ2) is 6.57. The van der Waals surface area contributed by atoms with Crippen molar-refractivity contribution in [2.75, 3.05) is 11.4 Å². The van der Waals surface area contributed by atoms with Crippen molar-refractivity contribution in [1.82, 2.24) is 0 Å². The van der Waals surface area contributed by atoms with Crippen LogP contribution in [0.2, 0.25) is 0 Å². The van der Waals surface area contributed by atoms with Gasteiger partial charge in [-0.2, -0.15) is 0 Å². The molecular formula is C15H21NO3. The maximum absolute atomic E-state index is 10.8. The molecule has 0 aliphatic heterocycles. The Morgan fingerprint density at radius 3 is 2.53 bits per heavy atom. The van der Waals surface area contributed by atoms with Gasteiger partial charge in [-0.3, -0.25) is 4.79 Å². The Morgan fingerprint density at radius 2 is 1.89 bits per heavy atom. The van der Waals surface area contributed by atoms with Crippen LogP contribution in [0.15, 0.2) is 30.3 Å². The van der Waals surface area contributed by atoms with E-state index >= 15 is 0 Å². The largest absolute Gasteiger partial charge is 0.481 e. The first-order valence-corrected chi connectivity index (χ1v) is 6.90. The average Bonchev–Trinajstić information content (AvgIpc) is 2.42. The summed E-state index contributed by atoms with van der Waals surface area (Å²) in [5.74, 6) is -0.800. The first-order chi connectivity index (χ1) is 9.18. The molecule has 2 N–H and O–H groups in total. The highest BCUT2D eigenvalue weighted by Crippen LogP contribution is 2.27. The predicted molar refractivity (Wildman–Crippen MR) is 74.3 cm³/mol. The van der Waals surface area contributed by atoms with Crippen LogP contribution in [0.1, 0.15) is 32.1 Å². The molecule has 4 heteroatoms. The highest BCUT2D eigenvalue weighted by Gasteiger charge is 2.29.